The lowest BCUT2D eigenvalue weighted by Crippen LogP contribution is -2.45. The second-order valence-electron chi connectivity index (χ2n) is 7.94. The van der Waals surface area contributed by atoms with Crippen LogP contribution in [0.25, 0.3) is 0 Å². The molecule has 4 unspecified atom stereocenters. The fraction of sp³-hybridized carbons (Fsp3) is 0.889. The van der Waals surface area contributed by atoms with E-state index in [9.17, 15) is 10.5 Å². The molecule has 0 rings (SSSR count). The Kier molecular flexibility index (Phi) is 11.3. The molecule has 0 aromatic heterocycles. The second-order valence-corrected chi connectivity index (χ2v) is 12.7. The third-order valence-corrected chi connectivity index (χ3v) is 11.0. The maximum atomic E-state index is 9.95. The minimum atomic E-state index is -2.18. The first kappa shape index (κ1) is 26.9. The fourth-order valence-corrected chi connectivity index (χ4v) is 7.93. The summed E-state index contributed by atoms with van der Waals surface area (Å²) in [6.07, 6.45) is 0. The van der Waals surface area contributed by atoms with E-state index >= 15 is 0 Å². The Morgan fingerprint density at radius 1 is 0.679 bits per heavy atom. The minimum absolute atomic E-state index is 0.0921. The standard InChI is InChI=1S/C18H36N4O4Si2/c1-13(2)15(27(23-7)24-8)17(5,11-19)21-22-18(6,12-20)16(14(3)4)28(25-9)26-10/h13-16,27-28H,1-10H3. The van der Waals surface area contributed by atoms with Crippen LogP contribution in [-0.4, -0.2) is 58.1 Å². The highest BCUT2D eigenvalue weighted by molar-refractivity contribution is 6.47. The molecule has 0 N–H and O–H groups in total. The van der Waals surface area contributed by atoms with Crippen LogP contribution in [0.3, 0.4) is 0 Å². The van der Waals surface area contributed by atoms with Crippen LogP contribution < -0.4 is 0 Å². The van der Waals surface area contributed by atoms with Crippen molar-refractivity contribution in [2.45, 2.75) is 63.7 Å². The first-order valence-electron chi connectivity index (χ1n) is 9.39. The average Bonchev–Trinajstić information content (AvgIpc) is 2.67. The van der Waals surface area contributed by atoms with E-state index in [1.165, 1.54) is 0 Å². The molecule has 0 amide bonds. The van der Waals surface area contributed by atoms with Gasteiger partial charge in [0.05, 0.1) is 12.1 Å². The second kappa shape index (κ2) is 11.8. The summed E-state index contributed by atoms with van der Waals surface area (Å²) < 4.78 is 22.2. The summed E-state index contributed by atoms with van der Waals surface area (Å²) in [5, 5.41) is 28.8. The van der Waals surface area contributed by atoms with Crippen molar-refractivity contribution in [1.29, 1.82) is 10.5 Å². The molecule has 0 bridgehead atoms. The van der Waals surface area contributed by atoms with E-state index in [-0.39, 0.29) is 22.9 Å². The Morgan fingerprint density at radius 3 is 1.07 bits per heavy atom. The van der Waals surface area contributed by atoms with Gasteiger partial charge >= 0.3 is 18.6 Å². The Labute approximate surface area is 173 Å². The molecule has 160 valence electrons. The molecule has 28 heavy (non-hydrogen) atoms. The first-order valence-corrected chi connectivity index (χ1v) is 12.6. The average molecular weight is 429 g/mol. The van der Waals surface area contributed by atoms with E-state index in [0.29, 0.717) is 0 Å². The van der Waals surface area contributed by atoms with Crippen molar-refractivity contribution >= 4 is 18.6 Å². The molecule has 0 saturated heterocycles. The van der Waals surface area contributed by atoms with Crippen LogP contribution in [0.1, 0.15) is 41.5 Å². The summed E-state index contributed by atoms with van der Waals surface area (Å²) in [6.45, 7) is 11.5. The minimum Gasteiger partial charge on any atom is -0.400 e. The Hall–Kier alpha value is -1.15. The van der Waals surface area contributed by atoms with E-state index in [2.05, 4.69) is 22.4 Å². The van der Waals surface area contributed by atoms with Crippen LogP contribution in [0.15, 0.2) is 10.2 Å². The van der Waals surface area contributed by atoms with Crippen molar-refractivity contribution in [3.8, 4) is 12.1 Å². The van der Waals surface area contributed by atoms with Gasteiger partial charge in [0, 0.05) is 39.5 Å². The Bertz CT molecular complexity index is 535. The van der Waals surface area contributed by atoms with E-state index in [0.717, 1.165) is 0 Å². The molecule has 0 radical (unpaired) electrons. The van der Waals surface area contributed by atoms with Crippen molar-refractivity contribution in [2.24, 2.45) is 22.1 Å². The molecule has 0 aliphatic heterocycles. The molecule has 0 aromatic rings. The van der Waals surface area contributed by atoms with E-state index < -0.39 is 29.6 Å². The number of nitrogens with zero attached hydrogens (tertiary/aromatic N) is 4. The van der Waals surface area contributed by atoms with E-state index in [1.54, 1.807) is 42.3 Å². The molecular weight excluding hydrogens is 392 g/mol. The third kappa shape index (κ3) is 6.18. The van der Waals surface area contributed by atoms with Gasteiger partial charge < -0.3 is 17.7 Å². The van der Waals surface area contributed by atoms with Gasteiger partial charge in [-0.15, -0.1) is 0 Å². The Balaban J connectivity index is 6.23. The first-order chi connectivity index (χ1) is 13.0. The molecule has 0 saturated carbocycles. The Morgan fingerprint density at radius 2 is 0.929 bits per heavy atom. The van der Waals surface area contributed by atoms with Crippen molar-refractivity contribution in [3.63, 3.8) is 0 Å². The number of hydrogen-bond acceptors (Lipinski definition) is 8. The topological polar surface area (TPSA) is 109 Å². The van der Waals surface area contributed by atoms with Gasteiger partial charge in [-0.25, -0.2) is 0 Å². The monoisotopic (exact) mass is 428 g/mol. The number of hydrogen-bond donors (Lipinski definition) is 0. The predicted octanol–water partition coefficient (Wildman–Crippen LogP) is 3.08. The number of azo groups is 1. The number of rotatable bonds is 12. The zero-order chi connectivity index (χ0) is 22.1. The highest BCUT2D eigenvalue weighted by Gasteiger charge is 2.48. The largest absolute Gasteiger partial charge is 0.400 e. The van der Waals surface area contributed by atoms with Crippen LogP contribution in [0.2, 0.25) is 11.1 Å². The SMILES string of the molecule is CO[SiH](OC)C(C(C)C)C(C)(C#N)N=NC(C)(C#N)C(C(C)C)[SiH](OC)OC. The van der Waals surface area contributed by atoms with Gasteiger partial charge in [-0.05, 0) is 25.7 Å². The zero-order valence-corrected chi connectivity index (χ0v) is 21.2. The van der Waals surface area contributed by atoms with Crippen molar-refractivity contribution in [2.75, 3.05) is 28.4 Å². The molecule has 0 aliphatic rings. The fourth-order valence-electron chi connectivity index (χ4n) is 3.77. The molecule has 0 spiro atoms. The maximum absolute atomic E-state index is 9.95. The quantitative estimate of drug-likeness (QED) is 0.349. The predicted molar refractivity (Wildman–Crippen MR) is 112 cm³/mol. The molecule has 8 nitrogen and oxygen atoms in total. The van der Waals surface area contributed by atoms with Gasteiger partial charge in [0.25, 0.3) is 0 Å². The molecule has 10 heteroatoms. The molecule has 4 atom stereocenters. The molecular formula is C18H36N4O4Si2. The third-order valence-electron chi connectivity index (χ3n) is 5.17. The van der Waals surface area contributed by atoms with E-state index in [4.69, 9.17) is 17.7 Å². The highest BCUT2D eigenvalue weighted by atomic mass is 28.3. The lowest BCUT2D eigenvalue weighted by atomic mass is 9.91. The lowest BCUT2D eigenvalue weighted by molar-refractivity contribution is 0.225. The van der Waals surface area contributed by atoms with Crippen LogP contribution in [0.5, 0.6) is 0 Å². The van der Waals surface area contributed by atoms with Crippen LogP contribution in [0.4, 0.5) is 0 Å². The van der Waals surface area contributed by atoms with E-state index in [1.807, 2.05) is 27.7 Å². The van der Waals surface area contributed by atoms with Gasteiger partial charge in [-0.3, -0.25) is 0 Å². The normalized spacial score (nSPS) is 18.9. The van der Waals surface area contributed by atoms with Crippen LogP contribution >= 0.6 is 0 Å². The smallest absolute Gasteiger partial charge is 0.327 e. The zero-order valence-electron chi connectivity index (χ0n) is 18.9. The van der Waals surface area contributed by atoms with Crippen molar-refractivity contribution in [1.82, 2.24) is 0 Å². The van der Waals surface area contributed by atoms with Gasteiger partial charge in [0.2, 0.25) is 0 Å². The molecule has 0 aromatic carbocycles. The summed E-state index contributed by atoms with van der Waals surface area (Å²) in [4.78, 5) is 0. The summed E-state index contributed by atoms with van der Waals surface area (Å²) in [7, 11) is 2.00. The summed E-state index contributed by atoms with van der Waals surface area (Å²) in [5.74, 6) is 0.184. The molecule has 0 heterocycles. The summed E-state index contributed by atoms with van der Waals surface area (Å²) in [5.41, 5.74) is -2.83. The van der Waals surface area contributed by atoms with Crippen LogP contribution in [0, 0.1) is 34.5 Å². The van der Waals surface area contributed by atoms with Crippen molar-refractivity contribution in [3.05, 3.63) is 0 Å². The van der Waals surface area contributed by atoms with Gasteiger partial charge in [-0.1, -0.05) is 27.7 Å². The summed E-state index contributed by atoms with van der Waals surface area (Å²) >= 11 is 0. The van der Waals surface area contributed by atoms with Crippen molar-refractivity contribution < 1.29 is 17.7 Å². The van der Waals surface area contributed by atoms with Gasteiger partial charge in [0.1, 0.15) is 0 Å². The highest BCUT2D eigenvalue weighted by Crippen LogP contribution is 2.41. The van der Waals surface area contributed by atoms with Gasteiger partial charge in [0.15, 0.2) is 11.1 Å². The molecule has 0 fully saturated rings. The maximum Gasteiger partial charge on any atom is 0.327 e. The lowest BCUT2D eigenvalue weighted by Gasteiger charge is -2.36. The van der Waals surface area contributed by atoms with Gasteiger partial charge in [-0.2, -0.15) is 20.8 Å². The summed E-state index contributed by atoms with van der Waals surface area (Å²) in [6, 6.07) is 4.57. The molecule has 0 aliphatic carbocycles. The van der Waals surface area contributed by atoms with Crippen LogP contribution in [-0.2, 0) is 17.7 Å². The number of nitriles is 2.